The van der Waals surface area contributed by atoms with Crippen LogP contribution in [0.2, 0.25) is 5.02 Å². The zero-order chi connectivity index (χ0) is 17.2. The molecule has 0 spiro atoms. The Kier molecular flexibility index (Phi) is 4.88. The highest BCUT2D eigenvalue weighted by molar-refractivity contribution is 7.15. The molecule has 4 rings (SSSR count). The number of nitrogens with one attached hydrogen (secondary N) is 1. The van der Waals surface area contributed by atoms with Crippen molar-refractivity contribution < 1.29 is 4.79 Å². The van der Waals surface area contributed by atoms with Crippen molar-refractivity contribution in [2.45, 2.75) is 32.1 Å². The van der Waals surface area contributed by atoms with Gasteiger partial charge in [-0.05, 0) is 49.4 Å². The van der Waals surface area contributed by atoms with Crippen molar-refractivity contribution >= 4 is 45.3 Å². The molecular weight excluding hydrogens is 372 g/mol. The summed E-state index contributed by atoms with van der Waals surface area (Å²) in [5.74, 6) is -0.0601. The van der Waals surface area contributed by atoms with Crippen LogP contribution < -0.4 is 5.32 Å². The predicted molar refractivity (Wildman–Crippen MR) is 106 cm³/mol. The number of hydrogen-bond acceptors (Lipinski definition) is 4. The molecule has 0 aliphatic heterocycles. The lowest BCUT2D eigenvalue weighted by molar-refractivity contribution is 0.103. The number of aromatic nitrogens is 1. The van der Waals surface area contributed by atoms with Crippen molar-refractivity contribution in [3.63, 3.8) is 0 Å². The second-order valence-electron chi connectivity index (χ2n) is 6.12. The second kappa shape index (κ2) is 7.28. The van der Waals surface area contributed by atoms with Gasteiger partial charge in [0.25, 0.3) is 5.91 Å². The third-order valence-corrected chi connectivity index (χ3v) is 6.58. The van der Waals surface area contributed by atoms with E-state index in [1.165, 1.54) is 41.0 Å². The highest BCUT2D eigenvalue weighted by Gasteiger charge is 2.17. The van der Waals surface area contributed by atoms with Crippen LogP contribution >= 0.6 is 34.3 Å². The topological polar surface area (TPSA) is 42.0 Å². The molecule has 25 heavy (non-hydrogen) atoms. The van der Waals surface area contributed by atoms with E-state index in [1.807, 2.05) is 29.6 Å². The fourth-order valence-corrected chi connectivity index (χ4v) is 5.01. The number of fused-ring (bicyclic) bond motifs is 1. The molecule has 0 fully saturated rings. The summed E-state index contributed by atoms with van der Waals surface area (Å²) in [6, 6.07) is 9.60. The Morgan fingerprint density at radius 3 is 2.76 bits per heavy atom. The number of rotatable bonds is 3. The molecule has 0 atom stereocenters. The lowest BCUT2D eigenvalue weighted by Crippen LogP contribution is -2.09. The van der Waals surface area contributed by atoms with Crippen LogP contribution in [0.4, 0.5) is 5.13 Å². The Morgan fingerprint density at radius 1 is 1.12 bits per heavy atom. The Hall–Kier alpha value is -1.69. The predicted octanol–water partition coefficient (Wildman–Crippen LogP) is 6.05. The highest BCUT2D eigenvalue weighted by atomic mass is 35.5. The molecule has 1 aliphatic carbocycles. The number of benzene rings is 1. The molecule has 3 aromatic rings. The van der Waals surface area contributed by atoms with E-state index in [0.717, 1.165) is 29.0 Å². The number of amides is 1. The third kappa shape index (κ3) is 3.78. The molecule has 0 saturated carbocycles. The molecule has 3 nitrogen and oxygen atoms in total. The van der Waals surface area contributed by atoms with Crippen molar-refractivity contribution in [3.8, 4) is 11.3 Å². The van der Waals surface area contributed by atoms with E-state index >= 15 is 0 Å². The van der Waals surface area contributed by atoms with Crippen LogP contribution in [-0.4, -0.2) is 10.9 Å². The van der Waals surface area contributed by atoms with Crippen LogP contribution in [0.25, 0.3) is 11.3 Å². The minimum Gasteiger partial charge on any atom is -0.297 e. The van der Waals surface area contributed by atoms with Gasteiger partial charge >= 0.3 is 0 Å². The minimum atomic E-state index is -0.0601. The fourth-order valence-electron chi connectivity index (χ4n) is 3.02. The van der Waals surface area contributed by atoms with Gasteiger partial charge in [0.15, 0.2) is 5.13 Å². The van der Waals surface area contributed by atoms with Crippen LogP contribution in [0.5, 0.6) is 0 Å². The van der Waals surface area contributed by atoms with Crippen LogP contribution in [0.1, 0.15) is 39.4 Å². The van der Waals surface area contributed by atoms with E-state index in [-0.39, 0.29) is 5.91 Å². The molecule has 1 N–H and O–H groups in total. The molecule has 0 saturated heterocycles. The van der Waals surface area contributed by atoms with Gasteiger partial charge in [0.05, 0.1) is 10.6 Å². The van der Waals surface area contributed by atoms with E-state index in [0.29, 0.717) is 10.2 Å². The first kappa shape index (κ1) is 16.8. The van der Waals surface area contributed by atoms with Crippen LogP contribution in [0.15, 0.2) is 35.7 Å². The minimum absolute atomic E-state index is 0.0601. The molecule has 1 amide bonds. The number of thiazole rings is 1. The summed E-state index contributed by atoms with van der Waals surface area (Å²) in [6.45, 7) is 0. The van der Waals surface area contributed by atoms with E-state index in [9.17, 15) is 4.79 Å². The number of carbonyl (C=O) groups is 1. The maximum atomic E-state index is 12.6. The first-order chi connectivity index (χ1) is 12.2. The zero-order valence-electron chi connectivity index (χ0n) is 13.5. The summed E-state index contributed by atoms with van der Waals surface area (Å²) in [7, 11) is 0. The van der Waals surface area contributed by atoms with Crippen LogP contribution in [-0.2, 0) is 12.8 Å². The summed E-state index contributed by atoms with van der Waals surface area (Å²) >= 11 is 8.99. The molecule has 1 aromatic carbocycles. The average molecular weight is 389 g/mol. The van der Waals surface area contributed by atoms with Crippen LogP contribution in [0, 0.1) is 0 Å². The third-order valence-electron chi connectivity index (χ3n) is 4.34. The first-order valence-electron chi connectivity index (χ1n) is 8.33. The average Bonchev–Trinajstić information content (AvgIpc) is 3.18. The molecular formula is C19H17ClN2OS2. The van der Waals surface area contributed by atoms with Crippen molar-refractivity contribution in [2.24, 2.45) is 0 Å². The lowest BCUT2D eigenvalue weighted by Gasteiger charge is -1.99. The van der Waals surface area contributed by atoms with Gasteiger partial charge in [-0.2, -0.15) is 0 Å². The number of anilines is 1. The second-order valence-corrected chi connectivity index (χ2v) is 8.55. The molecule has 0 radical (unpaired) electrons. The number of nitrogens with zero attached hydrogens (tertiary/aromatic N) is 1. The molecule has 128 valence electrons. The van der Waals surface area contributed by atoms with Gasteiger partial charge in [0.2, 0.25) is 0 Å². The Balaban J connectivity index is 1.49. The molecule has 2 heterocycles. The number of hydrogen-bond donors (Lipinski definition) is 1. The summed E-state index contributed by atoms with van der Waals surface area (Å²) in [5.41, 5.74) is 3.19. The summed E-state index contributed by atoms with van der Waals surface area (Å²) < 4.78 is 0. The van der Waals surface area contributed by atoms with E-state index in [1.54, 1.807) is 11.3 Å². The summed E-state index contributed by atoms with van der Waals surface area (Å²) in [5, 5.41) is 6.21. The van der Waals surface area contributed by atoms with Gasteiger partial charge in [-0.25, -0.2) is 4.98 Å². The van der Waals surface area contributed by atoms with Gasteiger partial charge in [0.1, 0.15) is 0 Å². The largest absolute Gasteiger partial charge is 0.297 e. The van der Waals surface area contributed by atoms with Crippen molar-refractivity contribution in [1.29, 1.82) is 0 Å². The fraction of sp³-hybridized carbons (Fsp3) is 0.263. The lowest BCUT2D eigenvalue weighted by atomic mass is 10.1. The van der Waals surface area contributed by atoms with Gasteiger partial charge in [-0.3, -0.25) is 10.1 Å². The van der Waals surface area contributed by atoms with Gasteiger partial charge < -0.3 is 0 Å². The van der Waals surface area contributed by atoms with E-state index < -0.39 is 0 Å². The number of carbonyl (C=O) groups excluding carboxylic acids is 1. The number of thiophene rings is 1. The normalized spacial score (nSPS) is 14.0. The summed E-state index contributed by atoms with van der Waals surface area (Å²) in [6.07, 6.45) is 5.94. The molecule has 0 bridgehead atoms. The maximum absolute atomic E-state index is 12.6. The number of aryl methyl sites for hydroxylation is 2. The molecule has 0 unspecified atom stereocenters. The Morgan fingerprint density at radius 2 is 1.92 bits per heavy atom. The van der Waals surface area contributed by atoms with Crippen molar-refractivity contribution in [1.82, 2.24) is 4.98 Å². The molecule has 2 aromatic heterocycles. The standard InChI is InChI=1S/C19H17ClN2OS2/c20-14-8-6-12(7-9-14)15-11-24-19(21-15)22-18(23)17-10-13-4-2-1-3-5-16(13)25-17/h6-11H,1-5H2,(H,21,22,23). The zero-order valence-corrected chi connectivity index (χ0v) is 15.9. The SMILES string of the molecule is O=C(Nc1nc(-c2ccc(Cl)cc2)cs1)c1cc2c(s1)CCCCC2. The van der Waals surface area contributed by atoms with Gasteiger partial charge in [-0.1, -0.05) is 30.2 Å². The van der Waals surface area contributed by atoms with E-state index in [4.69, 9.17) is 11.6 Å². The highest BCUT2D eigenvalue weighted by Crippen LogP contribution is 2.30. The Labute approximate surface area is 159 Å². The van der Waals surface area contributed by atoms with E-state index in [2.05, 4.69) is 16.4 Å². The molecule has 6 heteroatoms. The maximum Gasteiger partial charge on any atom is 0.267 e. The first-order valence-corrected chi connectivity index (χ1v) is 10.4. The van der Waals surface area contributed by atoms with Gasteiger partial charge in [-0.15, -0.1) is 22.7 Å². The van der Waals surface area contributed by atoms with Crippen molar-refractivity contribution in [3.05, 3.63) is 56.1 Å². The Bertz CT molecular complexity index is 875. The van der Waals surface area contributed by atoms with Crippen LogP contribution in [0.3, 0.4) is 0 Å². The smallest absolute Gasteiger partial charge is 0.267 e. The van der Waals surface area contributed by atoms with Gasteiger partial charge in [0, 0.05) is 20.8 Å². The number of halogens is 1. The monoisotopic (exact) mass is 388 g/mol. The quantitative estimate of drug-likeness (QED) is 0.555. The van der Waals surface area contributed by atoms with Crippen molar-refractivity contribution in [2.75, 3.05) is 5.32 Å². The molecule has 1 aliphatic rings. The summed E-state index contributed by atoms with van der Waals surface area (Å²) in [4.78, 5) is 19.2.